The van der Waals surface area contributed by atoms with Gasteiger partial charge in [0.15, 0.2) is 5.82 Å². The standard InChI is InChI=1S/C10H14N4O2/c1-7(15)12-9-4-6-14(13-9)10(16)8-3-2-5-11-8/h4,6,8,11H,2-3,5H2,1H3,(H,12,13,15). The minimum absolute atomic E-state index is 0.0749. The Morgan fingerprint density at radius 1 is 1.62 bits per heavy atom. The maximum atomic E-state index is 11.9. The molecule has 0 aliphatic carbocycles. The van der Waals surface area contributed by atoms with Crippen molar-refractivity contribution in [3.05, 3.63) is 12.3 Å². The van der Waals surface area contributed by atoms with E-state index in [1.807, 2.05) is 0 Å². The van der Waals surface area contributed by atoms with E-state index >= 15 is 0 Å². The summed E-state index contributed by atoms with van der Waals surface area (Å²) in [6, 6.07) is 1.46. The fraction of sp³-hybridized carbons (Fsp3) is 0.500. The van der Waals surface area contributed by atoms with E-state index in [1.165, 1.54) is 11.6 Å². The molecule has 1 amide bonds. The predicted octanol–water partition coefficient (Wildman–Crippen LogP) is 0.234. The zero-order chi connectivity index (χ0) is 11.5. The Morgan fingerprint density at radius 3 is 3.06 bits per heavy atom. The van der Waals surface area contributed by atoms with Crippen molar-refractivity contribution in [2.24, 2.45) is 0 Å². The maximum Gasteiger partial charge on any atom is 0.264 e. The van der Waals surface area contributed by atoms with Crippen LogP contribution in [0.5, 0.6) is 0 Å². The molecule has 6 nitrogen and oxygen atoms in total. The molecule has 1 aromatic heterocycles. The molecule has 1 aliphatic heterocycles. The van der Waals surface area contributed by atoms with Crippen LogP contribution in [0, 0.1) is 0 Å². The largest absolute Gasteiger partial charge is 0.309 e. The summed E-state index contributed by atoms with van der Waals surface area (Å²) in [6.07, 6.45) is 3.41. The number of anilines is 1. The zero-order valence-electron chi connectivity index (χ0n) is 9.06. The van der Waals surface area contributed by atoms with Crippen LogP contribution in [-0.2, 0) is 4.79 Å². The van der Waals surface area contributed by atoms with Crippen LogP contribution in [-0.4, -0.2) is 34.2 Å². The van der Waals surface area contributed by atoms with Gasteiger partial charge >= 0.3 is 0 Å². The molecular formula is C10H14N4O2. The van der Waals surface area contributed by atoms with Crippen LogP contribution in [0.4, 0.5) is 5.82 Å². The van der Waals surface area contributed by atoms with Gasteiger partial charge in [-0.3, -0.25) is 9.59 Å². The van der Waals surface area contributed by atoms with Crippen molar-refractivity contribution in [1.29, 1.82) is 0 Å². The third-order valence-corrected chi connectivity index (χ3v) is 2.48. The molecule has 1 aliphatic rings. The molecule has 2 N–H and O–H groups in total. The number of hydrogen-bond donors (Lipinski definition) is 2. The number of aromatic nitrogens is 2. The van der Waals surface area contributed by atoms with E-state index in [0.717, 1.165) is 19.4 Å². The van der Waals surface area contributed by atoms with Crippen LogP contribution < -0.4 is 10.6 Å². The molecule has 1 atom stereocenters. The minimum Gasteiger partial charge on any atom is -0.309 e. The van der Waals surface area contributed by atoms with E-state index < -0.39 is 0 Å². The summed E-state index contributed by atoms with van der Waals surface area (Å²) in [5.41, 5.74) is 0. The fourth-order valence-corrected chi connectivity index (χ4v) is 1.75. The van der Waals surface area contributed by atoms with Crippen LogP contribution in [0.25, 0.3) is 0 Å². The molecule has 0 saturated carbocycles. The van der Waals surface area contributed by atoms with E-state index in [-0.39, 0.29) is 17.9 Å². The van der Waals surface area contributed by atoms with Gasteiger partial charge in [0.1, 0.15) is 0 Å². The molecule has 1 aromatic rings. The van der Waals surface area contributed by atoms with E-state index in [4.69, 9.17) is 0 Å². The number of nitrogens with zero attached hydrogens (tertiary/aromatic N) is 2. The van der Waals surface area contributed by atoms with E-state index in [9.17, 15) is 9.59 Å². The van der Waals surface area contributed by atoms with Crippen LogP contribution in [0.2, 0.25) is 0 Å². The molecule has 86 valence electrons. The fourth-order valence-electron chi connectivity index (χ4n) is 1.75. The van der Waals surface area contributed by atoms with Gasteiger partial charge in [-0.15, -0.1) is 5.10 Å². The number of carbonyl (C=O) groups excluding carboxylic acids is 2. The molecule has 2 rings (SSSR count). The molecule has 0 bridgehead atoms. The lowest BCUT2D eigenvalue weighted by Crippen LogP contribution is -2.35. The maximum absolute atomic E-state index is 11.9. The van der Waals surface area contributed by atoms with Crippen molar-refractivity contribution in [3.63, 3.8) is 0 Å². The third kappa shape index (κ3) is 2.27. The number of rotatable bonds is 2. The third-order valence-electron chi connectivity index (χ3n) is 2.48. The Kier molecular flexibility index (Phi) is 3.00. The highest BCUT2D eigenvalue weighted by Crippen LogP contribution is 2.09. The lowest BCUT2D eigenvalue weighted by Gasteiger charge is -2.07. The van der Waals surface area contributed by atoms with Gasteiger partial charge in [-0.25, -0.2) is 4.68 Å². The molecule has 1 fully saturated rings. The number of carbonyl (C=O) groups is 2. The molecule has 6 heteroatoms. The molecule has 1 saturated heterocycles. The number of nitrogens with one attached hydrogen (secondary N) is 2. The smallest absolute Gasteiger partial charge is 0.264 e. The molecule has 0 spiro atoms. The van der Waals surface area contributed by atoms with Crippen molar-refractivity contribution in [2.45, 2.75) is 25.8 Å². The summed E-state index contributed by atoms with van der Waals surface area (Å²) >= 11 is 0. The van der Waals surface area contributed by atoms with Crippen LogP contribution in [0.3, 0.4) is 0 Å². The Hall–Kier alpha value is -1.69. The lowest BCUT2D eigenvalue weighted by atomic mass is 10.2. The summed E-state index contributed by atoms with van der Waals surface area (Å²) < 4.78 is 1.27. The first-order valence-corrected chi connectivity index (χ1v) is 5.27. The SMILES string of the molecule is CC(=O)Nc1ccn(C(=O)C2CCCN2)n1. The second-order valence-corrected chi connectivity index (χ2v) is 3.81. The van der Waals surface area contributed by atoms with E-state index in [2.05, 4.69) is 15.7 Å². The molecule has 1 unspecified atom stereocenters. The van der Waals surface area contributed by atoms with Crippen LogP contribution in [0.15, 0.2) is 12.3 Å². The summed E-state index contributed by atoms with van der Waals surface area (Å²) in [4.78, 5) is 22.7. The average Bonchev–Trinajstić information content (AvgIpc) is 2.84. The summed E-state index contributed by atoms with van der Waals surface area (Å²) in [5, 5.41) is 9.62. The van der Waals surface area contributed by atoms with Crippen molar-refractivity contribution in [3.8, 4) is 0 Å². The minimum atomic E-state index is -0.198. The Labute approximate surface area is 93.0 Å². The Balaban J connectivity index is 2.05. The van der Waals surface area contributed by atoms with Gasteiger partial charge in [0.25, 0.3) is 5.91 Å². The highest BCUT2D eigenvalue weighted by Gasteiger charge is 2.23. The summed E-state index contributed by atoms with van der Waals surface area (Å²) in [6.45, 7) is 2.27. The first-order chi connectivity index (χ1) is 7.66. The van der Waals surface area contributed by atoms with Gasteiger partial charge < -0.3 is 10.6 Å². The van der Waals surface area contributed by atoms with Gasteiger partial charge in [0.2, 0.25) is 5.91 Å². The van der Waals surface area contributed by atoms with Gasteiger partial charge in [0, 0.05) is 19.2 Å². The Morgan fingerprint density at radius 2 is 2.44 bits per heavy atom. The van der Waals surface area contributed by atoms with Gasteiger partial charge in [0.05, 0.1) is 6.04 Å². The van der Waals surface area contributed by atoms with Crippen molar-refractivity contribution in [2.75, 3.05) is 11.9 Å². The molecule has 0 aromatic carbocycles. The second-order valence-electron chi connectivity index (χ2n) is 3.81. The summed E-state index contributed by atoms with van der Waals surface area (Å²) in [5.74, 6) is 0.129. The van der Waals surface area contributed by atoms with Gasteiger partial charge in [-0.2, -0.15) is 0 Å². The van der Waals surface area contributed by atoms with Crippen molar-refractivity contribution >= 4 is 17.6 Å². The van der Waals surface area contributed by atoms with Crippen LogP contribution in [0.1, 0.15) is 24.6 Å². The normalized spacial score (nSPS) is 19.7. The number of hydrogen-bond acceptors (Lipinski definition) is 4. The molecule has 16 heavy (non-hydrogen) atoms. The van der Waals surface area contributed by atoms with Gasteiger partial charge in [-0.1, -0.05) is 0 Å². The van der Waals surface area contributed by atoms with Crippen molar-refractivity contribution in [1.82, 2.24) is 15.1 Å². The molecular weight excluding hydrogens is 208 g/mol. The van der Waals surface area contributed by atoms with Crippen LogP contribution >= 0.6 is 0 Å². The molecule has 2 heterocycles. The quantitative estimate of drug-likeness (QED) is 0.751. The first kappa shape index (κ1) is 10.8. The second kappa shape index (κ2) is 4.44. The first-order valence-electron chi connectivity index (χ1n) is 5.27. The monoisotopic (exact) mass is 222 g/mol. The van der Waals surface area contributed by atoms with E-state index in [1.54, 1.807) is 12.3 Å². The average molecular weight is 222 g/mol. The zero-order valence-corrected chi connectivity index (χ0v) is 9.06. The molecule has 0 radical (unpaired) electrons. The highest BCUT2D eigenvalue weighted by atomic mass is 16.2. The van der Waals surface area contributed by atoms with Crippen molar-refractivity contribution < 1.29 is 9.59 Å². The lowest BCUT2D eigenvalue weighted by molar-refractivity contribution is -0.114. The number of amides is 1. The predicted molar refractivity (Wildman–Crippen MR) is 58.2 cm³/mol. The topological polar surface area (TPSA) is 76.0 Å². The highest BCUT2D eigenvalue weighted by molar-refractivity contribution is 5.88. The Bertz CT molecular complexity index is 407. The summed E-state index contributed by atoms with van der Waals surface area (Å²) in [7, 11) is 0. The van der Waals surface area contributed by atoms with Gasteiger partial charge in [-0.05, 0) is 19.4 Å². The van der Waals surface area contributed by atoms with E-state index in [0.29, 0.717) is 5.82 Å².